The third-order valence-electron chi connectivity index (χ3n) is 9.21. The standard InChI is InChI=1S/C32H34N2O9/c1-31(2,3)18-11-15(13-6-7-19-20(10-13)43-12-42-19)16-8-14-9-17-24(34(4)5)27(37)23(30(33)40)29(39)32(17,41)28(38)21(14)26(36)22(16)25(18)35/h6-7,10-11,14,17,24,35-36,39,41H,8-9,12H2,1-5H3,(H2,33,40). The average Bonchev–Trinajstić information content (AvgIpc) is 3.38. The number of rotatable bonds is 3. The Morgan fingerprint density at radius 3 is 2.37 bits per heavy atom. The van der Waals surface area contributed by atoms with Gasteiger partial charge < -0.3 is 35.6 Å². The summed E-state index contributed by atoms with van der Waals surface area (Å²) in [5.41, 5.74) is 3.70. The molecule has 0 aromatic heterocycles. The number of ketones is 2. The van der Waals surface area contributed by atoms with E-state index in [1.165, 1.54) is 4.90 Å². The fourth-order valence-corrected chi connectivity index (χ4v) is 7.20. The number of aliphatic hydroxyl groups is 3. The molecule has 0 saturated heterocycles. The Labute approximate surface area is 247 Å². The van der Waals surface area contributed by atoms with Gasteiger partial charge in [0.25, 0.3) is 5.91 Å². The van der Waals surface area contributed by atoms with Gasteiger partial charge in [0, 0.05) is 17.1 Å². The Balaban J connectivity index is 1.61. The van der Waals surface area contributed by atoms with E-state index < -0.39 is 63.5 Å². The van der Waals surface area contributed by atoms with Crippen LogP contribution in [0.3, 0.4) is 0 Å². The zero-order chi connectivity index (χ0) is 31.3. The molecule has 4 aliphatic rings. The molecule has 11 heteroatoms. The number of nitrogens with two attached hydrogens (primary N) is 1. The van der Waals surface area contributed by atoms with Gasteiger partial charge in [-0.3, -0.25) is 19.3 Å². The van der Waals surface area contributed by atoms with Crippen LogP contribution in [0, 0.1) is 11.8 Å². The van der Waals surface area contributed by atoms with Gasteiger partial charge in [-0.15, -0.1) is 0 Å². The molecule has 0 bridgehead atoms. The summed E-state index contributed by atoms with van der Waals surface area (Å²) in [5.74, 6) is -5.65. The van der Waals surface area contributed by atoms with Gasteiger partial charge in [-0.25, -0.2) is 0 Å². The molecule has 1 saturated carbocycles. The minimum absolute atomic E-state index is 0.00806. The fourth-order valence-electron chi connectivity index (χ4n) is 7.20. The number of carbonyl (C=O) groups excluding carboxylic acids is 3. The maximum absolute atomic E-state index is 14.2. The third kappa shape index (κ3) is 3.91. The van der Waals surface area contributed by atoms with E-state index in [2.05, 4.69) is 0 Å². The van der Waals surface area contributed by atoms with Crippen molar-refractivity contribution in [2.45, 2.75) is 50.7 Å². The maximum atomic E-state index is 14.2. The second-order valence-electron chi connectivity index (χ2n) is 13.0. The van der Waals surface area contributed by atoms with Crippen LogP contribution >= 0.6 is 0 Å². The van der Waals surface area contributed by atoms with Crippen molar-refractivity contribution in [2.24, 2.45) is 17.6 Å². The number of aromatic hydroxyl groups is 1. The maximum Gasteiger partial charge on any atom is 0.255 e. The lowest BCUT2D eigenvalue weighted by Crippen LogP contribution is -2.65. The predicted octanol–water partition coefficient (Wildman–Crippen LogP) is 2.66. The highest BCUT2D eigenvalue weighted by atomic mass is 16.7. The van der Waals surface area contributed by atoms with Crippen molar-refractivity contribution in [1.29, 1.82) is 0 Å². The SMILES string of the molecule is CN(C)C1C(=O)C(C(N)=O)=C(O)C2(O)C(=O)C3=C(O)c4c(O)c(C(C)(C)C)cc(-c5ccc6c(c5)OCO6)c4CC3CC12. The Hall–Kier alpha value is -4.35. The van der Waals surface area contributed by atoms with Gasteiger partial charge in [0.2, 0.25) is 12.6 Å². The van der Waals surface area contributed by atoms with Gasteiger partial charge >= 0.3 is 0 Å². The molecule has 6 rings (SSSR count). The molecule has 11 nitrogen and oxygen atoms in total. The summed E-state index contributed by atoms with van der Waals surface area (Å²) < 4.78 is 11.1. The lowest BCUT2D eigenvalue weighted by atomic mass is 9.57. The number of Topliss-reactive ketones (excluding diaryl/α,β-unsaturated/α-hetero) is 2. The largest absolute Gasteiger partial charge is 0.508 e. The molecule has 43 heavy (non-hydrogen) atoms. The van der Waals surface area contributed by atoms with E-state index in [0.717, 1.165) is 5.56 Å². The number of benzene rings is 2. The number of hydrogen-bond donors (Lipinski definition) is 5. The minimum Gasteiger partial charge on any atom is -0.508 e. The zero-order valence-corrected chi connectivity index (χ0v) is 24.5. The van der Waals surface area contributed by atoms with Crippen LogP contribution in [-0.4, -0.2) is 75.3 Å². The number of hydrogen-bond acceptors (Lipinski definition) is 10. The molecule has 6 N–H and O–H groups in total. The van der Waals surface area contributed by atoms with Gasteiger partial charge in [0.1, 0.15) is 22.8 Å². The zero-order valence-electron chi connectivity index (χ0n) is 24.5. The molecule has 4 unspecified atom stereocenters. The summed E-state index contributed by atoms with van der Waals surface area (Å²) in [7, 11) is 3.13. The van der Waals surface area contributed by atoms with Gasteiger partial charge in [0.05, 0.1) is 11.6 Å². The number of nitrogens with zero attached hydrogens (tertiary/aromatic N) is 1. The number of phenols is 1. The van der Waals surface area contributed by atoms with E-state index in [4.69, 9.17) is 15.2 Å². The Bertz CT molecular complexity index is 1700. The van der Waals surface area contributed by atoms with E-state index in [1.807, 2.05) is 39.0 Å². The second kappa shape index (κ2) is 9.32. The van der Waals surface area contributed by atoms with Crippen molar-refractivity contribution in [3.8, 4) is 28.4 Å². The normalized spacial score (nSPS) is 26.4. The van der Waals surface area contributed by atoms with Crippen LogP contribution in [-0.2, 0) is 26.2 Å². The van der Waals surface area contributed by atoms with Crippen molar-refractivity contribution in [3.05, 3.63) is 57.9 Å². The van der Waals surface area contributed by atoms with Crippen molar-refractivity contribution in [2.75, 3.05) is 20.9 Å². The van der Waals surface area contributed by atoms with E-state index in [0.29, 0.717) is 28.2 Å². The highest BCUT2D eigenvalue weighted by molar-refractivity contribution is 6.24. The number of ether oxygens (including phenoxy) is 2. The number of fused-ring (bicyclic) bond motifs is 4. The van der Waals surface area contributed by atoms with E-state index in [-0.39, 0.29) is 36.5 Å². The van der Waals surface area contributed by atoms with E-state index in [9.17, 15) is 34.8 Å². The van der Waals surface area contributed by atoms with Gasteiger partial charge in [-0.05, 0) is 73.2 Å². The van der Waals surface area contributed by atoms with Crippen LogP contribution in [0.15, 0.2) is 41.2 Å². The number of carbonyl (C=O) groups is 3. The molecular weight excluding hydrogens is 556 g/mol. The first kappa shape index (κ1) is 28.8. The summed E-state index contributed by atoms with van der Waals surface area (Å²) >= 11 is 0. The van der Waals surface area contributed by atoms with Crippen molar-refractivity contribution in [3.63, 3.8) is 0 Å². The topological polar surface area (TPSA) is 180 Å². The molecular formula is C32H34N2O9. The molecule has 0 radical (unpaired) electrons. The Kier molecular flexibility index (Phi) is 6.23. The second-order valence-corrected chi connectivity index (χ2v) is 13.0. The van der Waals surface area contributed by atoms with E-state index in [1.54, 1.807) is 20.2 Å². The summed E-state index contributed by atoms with van der Waals surface area (Å²) in [6, 6.07) is 6.17. The lowest BCUT2D eigenvalue weighted by Gasteiger charge is -2.50. The van der Waals surface area contributed by atoms with Crippen LogP contribution < -0.4 is 15.2 Å². The summed E-state index contributed by atoms with van der Waals surface area (Å²) in [4.78, 5) is 41.3. The number of phenolic OH excluding ortho intramolecular Hbond substituents is 1. The van der Waals surface area contributed by atoms with Crippen molar-refractivity contribution < 1.29 is 44.3 Å². The quantitative estimate of drug-likeness (QED) is 0.334. The molecule has 0 spiro atoms. The summed E-state index contributed by atoms with van der Waals surface area (Å²) in [6.45, 7) is 5.80. The summed E-state index contributed by atoms with van der Waals surface area (Å²) in [6.07, 6.45) is 0.185. The van der Waals surface area contributed by atoms with Crippen LogP contribution in [0.5, 0.6) is 17.2 Å². The number of likely N-dealkylation sites (N-methyl/N-ethyl adjacent to an activating group) is 1. The van der Waals surface area contributed by atoms with Gasteiger partial charge in [0.15, 0.2) is 22.9 Å². The monoisotopic (exact) mass is 590 g/mol. The van der Waals surface area contributed by atoms with Crippen molar-refractivity contribution >= 4 is 23.2 Å². The first-order valence-corrected chi connectivity index (χ1v) is 14.0. The fraction of sp³-hybridized carbons (Fsp3) is 0.406. The molecule has 4 atom stereocenters. The summed E-state index contributed by atoms with van der Waals surface area (Å²) in [5, 5.41) is 46.3. The number of aliphatic hydroxyl groups excluding tert-OH is 2. The van der Waals surface area contributed by atoms with Crippen LogP contribution in [0.25, 0.3) is 16.9 Å². The molecule has 2 aromatic rings. The number of primary amides is 1. The molecule has 1 amide bonds. The van der Waals surface area contributed by atoms with Crippen LogP contribution in [0.2, 0.25) is 0 Å². The van der Waals surface area contributed by atoms with Crippen LogP contribution in [0.4, 0.5) is 0 Å². The molecule has 2 aromatic carbocycles. The van der Waals surface area contributed by atoms with Crippen molar-refractivity contribution in [1.82, 2.24) is 4.90 Å². The van der Waals surface area contributed by atoms with Crippen LogP contribution in [0.1, 0.15) is 43.9 Å². The molecule has 1 heterocycles. The molecule has 1 fully saturated rings. The van der Waals surface area contributed by atoms with Gasteiger partial charge in [-0.2, -0.15) is 0 Å². The number of amides is 1. The highest BCUT2D eigenvalue weighted by Gasteiger charge is 2.64. The first-order chi connectivity index (χ1) is 20.1. The third-order valence-corrected chi connectivity index (χ3v) is 9.21. The Morgan fingerprint density at radius 1 is 1.07 bits per heavy atom. The molecule has 3 aliphatic carbocycles. The minimum atomic E-state index is -2.69. The predicted molar refractivity (Wildman–Crippen MR) is 155 cm³/mol. The van der Waals surface area contributed by atoms with E-state index >= 15 is 0 Å². The highest BCUT2D eigenvalue weighted by Crippen LogP contribution is 2.55. The molecule has 226 valence electrons. The van der Waals surface area contributed by atoms with Gasteiger partial charge in [-0.1, -0.05) is 26.8 Å². The first-order valence-electron chi connectivity index (χ1n) is 14.0. The Morgan fingerprint density at radius 2 is 1.74 bits per heavy atom. The molecule has 1 aliphatic heterocycles. The smallest absolute Gasteiger partial charge is 0.255 e. The lowest BCUT2D eigenvalue weighted by molar-refractivity contribution is -0.153. The average molecular weight is 591 g/mol.